The van der Waals surface area contributed by atoms with Gasteiger partial charge in [-0.15, -0.1) is 0 Å². The van der Waals surface area contributed by atoms with Gasteiger partial charge in [0, 0.05) is 0 Å². The van der Waals surface area contributed by atoms with Crippen LogP contribution in [0.1, 0.15) is 50.1 Å². The van der Waals surface area contributed by atoms with Gasteiger partial charge in [0.1, 0.15) is 0 Å². The first-order valence-corrected chi connectivity index (χ1v) is 11.5. The number of benzene rings is 3. The zero-order valence-electron chi connectivity index (χ0n) is 19.6. The first kappa shape index (κ1) is 23.8. The molecule has 3 aromatic carbocycles. The normalized spacial score (nSPS) is 11.0. The molecule has 3 rings (SSSR count). The molecule has 0 bridgehead atoms. The lowest BCUT2D eigenvalue weighted by Crippen LogP contribution is -2.30. The van der Waals surface area contributed by atoms with Crippen LogP contribution in [0.5, 0.6) is 0 Å². The van der Waals surface area contributed by atoms with E-state index in [2.05, 4.69) is 98.7 Å². The second-order valence-corrected chi connectivity index (χ2v) is 10.6. The summed E-state index contributed by atoms with van der Waals surface area (Å²) in [5.74, 6) is 0. The van der Waals surface area contributed by atoms with E-state index in [0.717, 1.165) is 0 Å². The second-order valence-electron chi connectivity index (χ2n) is 8.58. The molecule has 0 N–H and O–H groups in total. The zero-order chi connectivity index (χ0) is 20.7. The van der Waals surface area contributed by atoms with Gasteiger partial charge in [-0.2, -0.15) is 9.90 Å². The summed E-state index contributed by atoms with van der Waals surface area (Å²) < 4.78 is 0. The monoisotopic (exact) mass is 422 g/mol. The Hall–Kier alpha value is -1.48. The average molecular weight is 423 g/mol. The largest absolute Gasteiger partial charge is 0.153 e. The van der Waals surface area contributed by atoms with Crippen LogP contribution < -0.4 is 15.9 Å². The van der Waals surface area contributed by atoms with Gasteiger partial charge in [-0.05, 0) is 120 Å². The van der Waals surface area contributed by atoms with Crippen molar-refractivity contribution in [1.82, 2.24) is 0 Å². The summed E-state index contributed by atoms with van der Waals surface area (Å²) in [4.78, 5) is 0. The first-order valence-electron chi connectivity index (χ1n) is 10.1. The fourth-order valence-electron chi connectivity index (χ4n) is 4.91. The third-order valence-corrected chi connectivity index (χ3v) is 9.03. The van der Waals surface area contributed by atoms with Crippen molar-refractivity contribution in [2.45, 2.75) is 62.3 Å². The summed E-state index contributed by atoms with van der Waals surface area (Å²) in [6.07, 6.45) is 0. The van der Waals surface area contributed by atoms with Crippen LogP contribution in [0, 0.1) is 62.3 Å². The predicted molar refractivity (Wildman–Crippen MR) is 139 cm³/mol. The molecule has 29 heavy (non-hydrogen) atoms. The number of aryl methyl sites for hydroxylation is 9. The predicted octanol–water partition coefficient (Wildman–Crippen LogP) is 6.28. The lowest BCUT2D eigenvalue weighted by atomic mass is 10.1. The van der Waals surface area contributed by atoms with E-state index in [9.17, 15) is 0 Å². The average Bonchev–Trinajstić information content (AvgIpc) is 2.51. The molecule has 0 aliphatic heterocycles. The van der Waals surface area contributed by atoms with Gasteiger partial charge in [0.25, 0.3) is 0 Å². The molecule has 0 aliphatic carbocycles. The van der Waals surface area contributed by atoms with Gasteiger partial charge in [-0.3, -0.25) is 0 Å². The molecule has 0 spiro atoms. The van der Waals surface area contributed by atoms with Crippen LogP contribution in [0.4, 0.5) is 0 Å². The second kappa shape index (κ2) is 9.12. The molecular weight excluding hydrogens is 386 g/mol. The van der Waals surface area contributed by atoms with E-state index in [1.807, 2.05) is 0 Å². The summed E-state index contributed by atoms with van der Waals surface area (Å²) in [6.45, 7) is 20.4. The van der Waals surface area contributed by atoms with Crippen molar-refractivity contribution in [2.24, 2.45) is 0 Å². The van der Waals surface area contributed by atoms with Gasteiger partial charge in [-0.1, -0.05) is 53.1 Å². The molecular formula is C27H36P2. The minimum absolute atomic E-state index is 0. The van der Waals surface area contributed by atoms with E-state index < -0.39 is 7.92 Å². The van der Waals surface area contributed by atoms with Crippen molar-refractivity contribution in [3.63, 3.8) is 0 Å². The molecule has 0 aliphatic rings. The van der Waals surface area contributed by atoms with E-state index in [1.165, 1.54) is 66.0 Å². The molecule has 1 unspecified atom stereocenters. The van der Waals surface area contributed by atoms with E-state index in [0.29, 0.717) is 0 Å². The van der Waals surface area contributed by atoms with Crippen molar-refractivity contribution in [3.8, 4) is 0 Å². The molecule has 2 heteroatoms. The highest BCUT2D eigenvalue weighted by Crippen LogP contribution is 2.40. The van der Waals surface area contributed by atoms with Crippen LogP contribution in [0.25, 0.3) is 0 Å². The Morgan fingerprint density at radius 2 is 0.552 bits per heavy atom. The van der Waals surface area contributed by atoms with Crippen LogP contribution in [0.3, 0.4) is 0 Å². The molecule has 0 nitrogen and oxygen atoms in total. The minimum atomic E-state index is -0.608. The SMILES string of the molecule is Cc1cc(C)c(P(c2c(C)cc(C)cc2C)c2c(C)cc(C)cc2C)c(C)c1.P. The molecule has 0 aromatic heterocycles. The maximum absolute atomic E-state index is 2.36. The van der Waals surface area contributed by atoms with E-state index in [1.54, 1.807) is 0 Å². The maximum Gasteiger partial charge on any atom is -0.00921 e. The van der Waals surface area contributed by atoms with Crippen molar-refractivity contribution < 1.29 is 0 Å². The standard InChI is InChI=1S/C27H33P.H3P/c1-16-10-19(4)25(20(5)11-16)28(26-21(6)12-17(2)13-22(26)7)27-23(8)14-18(3)15-24(27)9;/h10-15H,1-9H3;1H3. The van der Waals surface area contributed by atoms with Crippen LogP contribution in [0.15, 0.2) is 36.4 Å². The summed E-state index contributed by atoms with van der Waals surface area (Å²) in [5.41, 5.74) is 12.6. The van der Waals surface area contributed by atoms with E-state index in [4.69, 9.17) is 0 Å². The minimum Gasteiger partial charge on any atom is -0.153 e. The fourth-order valence-corrected chi connectivity index (χ4v) is 8.09. The Morgan fingerprint density at radius 3 is 0.724 bits per heavy atom. The van der Waals surface area contributed by atoms with E-state index in [-0.39, 0.29) is 9.90 Å². The molecule has 154 valence electrons. The van der Waals surface area contributed by atoms with Crippen molar-refractivity contribution in [1.29, 1.82) is 0 Å². The smallest absolute Gasteiger partial charge is 0.00921 e. The van der Waals surface area contributed by atoms with Gasteiger partial charge in [0.05, 0.1) is 0 Å². The van der Waals surface area contributed by atoms with Gasteiger partial charge < -0.3 is 0 Å². The Bertz CT molecular complexity index is 854. The first-order chi connectivity index (χ1) is 13.1. The van der Waals surface area contributed by atoms with Gasteiger partial charge >= 0.3 is 0 Å². The van der Waals surface area contributed by atoms with Crippen molar-refractivity contribution >= 4 is 33.7 Å². The summed E-state index contributed by atoms with van der Waals surface area (Å²) in [7, 11) is -0.608. The summed E-state index contributed by atoms with van der Waals surface area (Å²) in [5, 5.41) is 4.60. The molecule has 3 aromatic rings. The number of rotatable bonds is 3. The Morgan fingerprint density at radius 1 is 0.379 bits per heavy atom. The van der Waals surface area contributed by atoms with Crippen LogP contribution >= 0.6 is 17.8 Å². The highest BCUT2D eigenvalue weighted by Gasteiger charge is 2.26. The highest BCUT2D eigenvalue weighted by molar-refractivity contribution is 7.80. The maximum atomic E-state index is 2.36. The molecule has 0 amide bonds. The third-order valence-electron chi connectivity index (χ3n) is 5.58. The summed E-state index contributed by atoms with van der Waals surface area (Å²) >= 11 is 0. The topological polar surface area (TPSA) is 0 Å². The Kier molecular flexibility index (Phi) is 7.48. The zero-order valence-corrected chi connectivity index (χ0v) is 21.9. The molecule has 0 saturated carbocycles. The lowest BCUT2D eigenvalue weighted by Gasteiger charge is -2.30. The molecule has 0 saturated heterocycles. The van der Waals surface area contributed by atoms with Gasteiger partial charge in [-0.25, -0.2) is 0 Å². The van der Waals surface area contributed by atoms with Gasteiger partial charge in [0.15, 0.2) is 0 Å². The van der Waals surface area contributed by atoms with Crippen LogP contribution in [0.2, 0.25) is 0 Å². The molecule has 0 fully saturated rings. The summed E-state index contributed by atoms with van der Waals surface area (Å²) in [6, 6.07) is 14.1. The van der Waals surface area contributed by atoms with Gasteiger partial charge in [0.2, 0.25) is 0 Å². The number of hydrogen-bond donors (Lipinski definition) is 0. The Balaban J connectivity index is 0.00000300. The highest BCUT2D eigenvalue weighted by atomic mass is 31.1. The van der Waals surface area contributed by atoms with Crippen LogP contribution in [-0.4, -0.2) is 0 Å². The fraction of sp³-hybridized carbons (Fsp3) is 0.333. The van der Waals surface area contributed by atoms with E-state index >= 15 is 0 Å². The quantitative estimate of drug-likeness (QED) is 0.436. The number of hydrogen-bond acceptors (Lipinski definition) is 0. The molecule has 0 heterocycles. The van der Waals surface area contributed by atoms with Crippen molar-refractivity contribution in [2.75, 3.05) is 0 Å². The van der Waals surface area contributed by atoms with Crippen molar-refractivity contribution in [3.05, 3.63) is 86.5 Å². The lowest BCUT2D eigenvalue weighted by molar-refractivity contribution is 1.34. The molecule has 1 atom stereocenters. The Labute approximate surface area is 182 Å². The van der Waals surface area contributed by atoms with Crippen LogP contribution in [-0.2, 0) is 0 Å². The third kappa shape index (κ3) is 4.66. The molecule has 0 radical (unpaired) electrons.